The first-order valence-corrected chi connectivity index (χ1v) is 17.0. The zero-order chi connectivity index (χ0) is 35.2. The molecule has 2 aliphatic heterocycles. The van der Waals surface area contributed by atoms with Gasteiger partial charge in [-0.1, -0.05) is 12.0 Å². The highest BCUT2D eigenvalue weighted by molar-refractivity contribution is 5.83. The van der Waals surface area contributed by atoms with Gasteiger partial charge in [0.1, 0.15) is 6.54 Å². The Morgan fingerprint density at radius 1 is 1.06 bits per heavy atom. The van der Waals surface area contributed by atoms with Crippen LogP contribution in [-0.2, 0) is 23.3 Å². The molecule has 0 bridgehead atoms. The van der Waals surface area contributed by atoms with E-state index in [4.69, 9.17) is 0 Å². The molecule has 0 unspecified atom stereocenters. The molecule has 3 aromatic rings. The molecule has 262 valence electrons. The van der Waals surface area contributed by atoms with Gasteiger partial charge in [-0.15, -0.1) is 0 Å². The second kappa shape index (κ2) is 15.6. The first-order chi connectivity index (χ1) is 23.3. The van der Waals surface area contributed by atoms with Crippen molar-refractivity contribution in [3.05, 3.63) is 59.5 Å². The van der Waals surface area contributed by atoms with Gasteiger partial charge in [-0.25, -0.2) is 0 Å². The Labute approximate surface area is 287 Å². The molecule has 0 radical (unpaired) electrons. The van der Waals surface area contributed by atoms with Crippen LogP contribution in [0.5, 0.6) is 0 Å². The summed E-state index contributed by atoms with van der Waals surface area (Å²) in [7, 11) is 4.20. The number of hydrogen-bond acceptors (Lipinski definition) is 7. The summed E-state index contributed by atoms with van der Waals surface area (Å²) in [5.41, 5.74) is 2.40. The number of likely N-dealkylation sites (N-methyl/N-ethyl adjacent to an activating group) is 1. The van der Waals surface area contributed by atoms with Crippen LogP contribution >= 0.6 is 0 Å². The predicted octanol–water partition coefficient (Wildman–Crippen LogP) is 4.97. The number of pyridine rings is 1. The number of carbonyl (C=O) groups excluding carboxylic acids is 1. The van der Waals surface area contributed by atoms with Crippen molar-refractivity contribution >= 4 is 22.5 Å². The molecule has 2 aromatic heterocycles. The fraction of sp³-hybridized carbons (Fsp3) is 0.541. The number of aromatic nitrogens is 2. The molecular weight excluding hydrogens is 629 g/mol. The van der Waals surface area contributed by atoms with Crippen molar-refractivity contribution in [1.82, 2.24) is 29.6 Å². The Kier molecular flexibility index (Phi) is 11.5. The summed E-state index contributed by atoms with van der Waals surface area (Å²) in [5.74, 6) is 6.05. The number of nitriles is 1. The van der Waals surface area contributed by atoms with Crippen molar-refractivity contribution in [2.24, 2.45) is 0 Å². The second-order valence-electron chi connectivity index (χ2n) is 13.9. The molecule has 2 aliphatic rings. The number of carbonyl (C=O) groups is 1. The van der Waals surface area contributed by atoms with E-state index >= 15 is 0 Å². The highest BCUT2D eigenvalue weighted by Crippen LogP contribution is 2.27. The minimum atomic E-state index is -4.40. The maximum absolute atomic E-state index is 13.6. The maximum atomic E-state index is 13.6. The summed E-state index contributed by atoms with van der Waals surface area (Å²) in [6, 6.07) is 13.8. The van der Waals surface area contributed by atoms with Gasteiger partial charge in [0.2, 0.25) is 5.91 Å². The molecule has 9 nitrogen and oxygen atoms in total. The minimum Gasteiger partial charge on any atom is -0.373 e. The Bertz CT molecular complexity index is 1680. The lowest BCUT2D eigenvalue weighted by Gasteiger charge is -2.37. The second-order valence-corrected chi connectivity index (χ2v) is 13.9. The molecule has 2 fully saturated rings. The van der Waals surface area contributed by atoms with Gasteiger partial charge >= 0.3 is 6.18 Å². The summed E-state index contributed by atoms with van der Waals surface area (Å²) in [6.07, 6.45) is 1.13. The van der Waals surface area contributed by atoms with Crippen LogP contribution < -0.4 is 10.6 Å². The maximum Gasteiger partial charge on any atom is 0.406 e. The summed E-state index contributed by atoms with van der Waals surface area (Å²) < 4.78 is 41.9. The highest BCUT2D eigenvalue weighted by atomic mass is 19.4. The van der Waals surface area contributed by atoms with E-state index in [0.717, 1.165) is 57.4 Å². The predicted molar refractivity (Wildman–Crippen MR) is 186 cm³/mol. The van der Waals surface area contributed by atoms with Gasteiger partial charge in [-0.2, -0.15) is 18.4 Å². The molecule has 0 spiro atoms. The number of amides is 1. The van der Waals surface area contributed by atoms with Crippen LogP contribution in [0.25, 0.3) is 10.9 Å². The summed E-state index contributed by atoms with van der Waals surface area (Å²) in [6.45, 7) is 7.28. The third kappa shape index (κ3) is 9.75. The number of nitrogens with one attached hydrogen (secondary N) is 2. The Balaban J connectivity index is 1.15. The van der Waals surface area contributed by atoms with Crippen LogP contribution in [0.3, 0.4) is 0 Å². The lowest BCUT2D eigenvalue weighted by atomic mass is 9.91. The van der Waals surface area contributed by atoms with Crippen molar-refractivity contribution in [2.45, 2.75) is 76.3 Å². The highest BCUT2D eigenvalue weighted by Gasteiger charge is 2.30. The average molecular weight is 677 g/mol. The van der Waals surface area contributed by atoms with Gasteiger partial charge in [0.15, 0.2) is 0 Å². The number of benzene rings is 1. The molecular formula is C37H47F3N8O. The number of hydrogen-bond donors (Lipinski definition) is 2. The van der Waals surface area contributed by atoms with E-state index in [-0.39, 0.29) is 18.5 Å². The fourth-order valence-electron chi connectivity index (χ4n) is 6.56. The number of likely N-dealkylation sites (tertiary alicyclic amines) is 2. The summed E-state index contributed by atoms with van der Waals surface area (Å²) in [5, 5.41) is 16.7. The molecule has 0 atom stereocenters. The largest absolute Gasteiger partial charge is 0.406 e. The Morgan fingerprint density at radius 3 is 2.45 bits per heavy atom. The monoisotopic (exact) mass is 676 g/mol. The lowest BCUT2D eigenvalue weighted by Crippen LogP contribution is -2.50. The van der Waals surface area contributed by atoms with Crippen LogP contribution in [-0.4, -0.2) is 102 Å². The lowest BCUT2D eigenvalue weighted by molar-refractivity contribution is -0.140. The number of nitrogens with zero attached hydrogens (tertiary/aromatic N) is 6. The Morgan fingerprint density at radius 2 is 1.80 bits per heavy atom. The fourth-order valence-corrected chi connectivity index (χ4v) is 6.56. The number of halogens is 3. The first kappa shape index (κ1) is 36.2. The van der Waals surface area contributed by atoms with Crippen molar-refractivity contribution in [3.8, 4) is 17.9 Å². The molecule has 2 saturated heterocycles. The molecule has 0 saturated carbocycles. The zero-order valence-electron chi connectivity index (χ0n) is 28.9. The van der Waals surface area contributed by atoms with Gasteiger partial charge in [-0.3, -0.25) is 14.7 Å². The number of alkyl halides is 3. The third-order valence-corrected chi connectivity index (χ3v) is 9.72. The number of rotatable bonds is 10. The van der Waals surface area contributed by atoms with E-state index in [1.54, 1.807) is 44.3 Å². The van der Waals surface area contributed by atoms with E-state index in [0.29, 0.717) is 47.1 Å². The van der Waals surface area contributed by atoms with Crippen LogP contribution in [0.1, 0.15) is 56.5 Å². The molecule has 4 heterocycles. The van der Waals surface area contributed by atoms with Gasteiger partial charge in [-0.05, 0) is 109 Å². The van der Waals surface area contributed by atoms with Gasteiger partial charge in [0, 0.05) is 42.6 Å². The van der Waals surface area contributed by atoms with E-state index in [2.05, 4.69) is 57.4 Å². The molecule has 0 aliphatic carbocycles. The van der Waals surface area contributed by atoms with E-state index < -0.39 is 18.1 Å². The Hall–Kier alpha value is -4.10. The van der Waals surface area contributed by atoms with Crippen molar-refractivity contribution in [2.75, 3.05) is 58.7 Å². The van der Waals surface area contributed by atoms with Crippen LogP contribution in [0, 0.1) is 23.2 Å². The molecule has 12 heteroatoms. The minimum absolute atomic E-state index is 0.190. The van der Waals surface area contributed by atoms with Crippen LogP contribution in [0.4, 0.5) is 18.9 Å². The normalized spacial score (nSPS) is 16.8. The van der Waals surface area contributed by atoms with Gasteiger partial charge in [0.25, 0.3) is 0 Å². The van der Waals surface area contributed by atoms with Crippen molar-refractivity contribution in [3.63, 3.8) is 0 Å². The molecule has 1 amide bonds. The van der Waals surface area contributed by atoms with Crippen molar-refractivity contribution in [1.29, 1.82) is 5.26 Å². The average Bonchev–Trinajstić information content (AvgIpc) is 3.41. The van der Waals surface area contributed by atoms with E-state index in [1.807, 2.05) is 17.0 Å². The summed E-state index contributed by atoms with van der Waals surface area (Å²) >= 11 is 0. The van der Waals surface area contributed by atoms with Crippen LogP contribution in [0.15, 0.2) is 42.6 Å². The standard InChI is InChI=1S/C37H47F3N8O/c1-36(2,25-41)34-10-8-30(23-44-34)42-15-5-6-32-21-28-20-27(7-9-33(28)48(32)26-37(38,39)40)22-43-29-11-18-47(19-12-29)35(49)24-46(4)31-13-16-45(3)17-14-31/h7-10,20-21,23,29,31,42-43H,11-19,22,24,26H2,1-4H3. The molecule has 5 rings (SSSR count). The van der Waals surface area contributed by atoms with Crippen LogP contribution in [0.2, 0.25) is 0 Å². The van der Waals surface area contributed by atoms with E-state index in [1.165, 1.54) is 4.57 Å². The SMILES string of the molecule is CN1CCC(N(C)CC(=O)N2CCC(NCc3ccc4c(c3)cc(C#CCNc3ccc(C(C)(C)C#N)nc3)n4CC(F)(F)F)CC2)CC1. The smallest absolute Gasteiger partial charge is 0.373 e. The third-order valence-electron chi connectivity index (χ3n) is 9.72. The molecule has 1 aromatic carbocycles. The molecule has 2 N–H and O–H groups in total. The van der Waals surface area contributed by atoms with Gasteiger partial charge in [0.05, 0.1) is 47.8 Å². The quantitative estimate of drug-likeness (QED) is 0.293. The number of piperidine rings is 2. The van der Waals surface area contributed by atoms with Gasteiger partial charge < -0.3 is 25.0 Å². The topological polar surface area (TPSA) is 92.5 Å². The van der Waals surface area contributed by atoms with Crippen molar-refractivity contribution < 1.29 is 18.0 Å². The first-order valence-electron chi connectivity index (χ1n) is 17.0. The molecule has 49 heavy (non-hydrogen) atoms. The number of anilines is 1. The van der Waals surface area contributed by atoms with E-state index in [9.17, 15) is 23.2 Å². The zero-order valence-corrected chi connectivity index (χ0v) is 28.9. The number of fused-ring (bicyclic) bond motifs is 1. The summed E-state index contributed by atoms with van der Waals surface area (Å²) in [4.78, 5) is 23.9.